The zero-order chi connectivity index (χ0) is 12.8. The van der Waals surface area contributed by atoms with Gasteiger partial charge in [-0.3, -0.25) is 9.59 Å². The topological polar surface area (TPSA) is 49.4 Å². The minimum Gasteiger partial charge on any atom is -0.359 e. The summed E-state index contributed by atoms with van der Waals surface area (Å²) in [5.74, 6) is -0.202. The monoisotopic (exact) mass is 254 g/mol. The van der Waals surface area contributed by atoms with Crippen molar-refractivity contribution in [1.82, 2.24) is 10.2 Å². The molecule has 0 aromatic heterocycles. The maximum absolute atomic E-state index is 11.9. The molecule has 0 fully saturated rings. The van der Waals surface area contributed by atoms with Crippen molar-refractivity contribution in [3.05, 3.63) is 34.9 Å². The highest BCUT2D eigenvalue weighted by atomic mass is 35.5. The third kappa shape index (κ3) is 4.07. The number of carbonyl (C=O) groups excluding carboxylic acids is 2. The maximum atomic E-state index is 11.9. The van der Waals surface area contributed by atoms with Crippen LogP contribution in [0.5, 0.6) is 0 Å². The summed E-state index contributed by atoms with van der Waals surface area (Å²) in [5, 5.41) is 3.10. The molecule has 0 aliphatic heterocycles. The Labute approximate surface area is 106 Å². The van der Waals surface area contributed by atoms with Crippen LogP contribution < -0.4 is 5.32 Å². The molecule has 4 nitrogen and oxygen atoms in total. The first-order valence-corrected chi connectivity index (χ1v) is 5.64. The van der Waals surface area contributed by atoms with Crippen LogP contribution >= 0.6 is 11.6 Å². The number of nitrogens with one attached hydrogen (secondary N) is 1. The van der Waals surface area contributed by atoms with Crippen LogP contribution in [0.2, 0.25) is 5.02 Å². The van der Waals surface area contributed by atoms with Gasteiger partial charge in [0.25, 0.3) is 5.91 Å². The van der Waals surface area contributed by atoms with Crippen molar-refractivity contribution in [3.63, 3.8) is 0 Å². The molecule has 0 heterocycles. The number of hydrogen-bond donors (Lipinski definition) is 1. The molecule has 17 heavy (non-hydrogen) atoms. The second kappa shape index (κ2) is 6.25. The summed E-state index contributed by atoms with van der Waals surface area (Å²) in [5.41, 5.74) is 0.564. The van der Waals surface area contributed by atoms with Gasteiger partial charge < -0.3 is 10.2 Å². The third-order valence-corrected chi connectivity index (χ3v) is 2.64. The molecule has 0 aliphatic rings. The van der Waals surface area contributed by atoms with Crippen LogP contribution in [0.15, 0.2) is 24.3 Å². The molecule has 1 N–H and O–H groups in total. The molecule has 0 saturated heterocycles. The lowest BCUT2D eigenvalue weighted by Crippen LogP contribution is -2.31. The summed E-state index contributed by atoms with van der Waals surface area (Å²) in [4.78, 5) is 24.5. The van der Waals surface area contributed by atoms with Crippen LogP contribution in [0, 0.1) is 0 Å². The van der Waals surface area contributed by atoms with Gasteiger partial charge >= 0.3 is 0 Å². The number of benzene rings is 1. The average Bonchev–Trinajstić information content (AvgIpc) is 2.35. The lowest BCUT2D eigenvalue weighted by atomic mass is 10.2. The lowest BCUT2D eigenvalue weighted by molar-refractivity contribution is -0.120. The molecular weight excluding hydrogens is 240 g/mol. The molecular formula is C12H15ClN2O2. The smallest absolute Gasteiger partial charge is 0.253 e. The normalized spacial score (nSPS) is 9.82. The Morgan fingerprint density at radius 3 is 2.41 bits per heavy atom. The van der Waals surface area contributed by atoms with Gasteiger partial charge in [0.15, 0.2) is 0 Å². The van der Waals surface area contributed by atoms with Gasteiger partial charge in [-0.15, -0.1) is 0 Å². The molecule has 0 aliphatic carbocycles. The molecule has 0 atom stereocenters. The number of amides is 2. The SMILES string of the molecule is CNC(=O)CCN(C)C(=O)c1ccc(Cl)cc1. The van der Waals surface area contributed by atoms with E-state index >= 15 is 0 Å². The van der Waals surface area contributed by atoms with Crippen LogP contribution in [-0.4, -0.2) is 37.4 Å². The predicted octanol–water partition coefficient (Wildman–Crippen LogP) is 1.55. The second-order valence-electron chi connectivity index (χ2n) is 3.66. The molecule has 0 unspecified atom stereocenters. The van der Waals surface area contributed by atoms with Crippen molar-refractivity contribution in [3.8, 4) is 0 Å². The molecule has 92 valence electrons. The fraction of sp³-hybridized carbons (Fsp3) is 0.333. The van der Waals surface area contributed by atoms with Crippen LogP contribution in [0.3, 0.4) is 0 Å². The molecule has 1 aromatic carbocycles. The van der Waals surface area contributed by atoms with E-state index in [1.54, 1.807) is 38.4 Å². The van der Waals surface area contributed by atoms with Gasteiger partial charge in [-0.1, -0.05) is 11.6 Å². The van der Waals surface area contributed by atoms with E-state index in [1.165, 1.54) is 4.90 Å². The van der Waals surface area contributed by atoms with E-state index in [-0.39, 0.29) is 11.8 Å². The first-order valence-electron chi connectivity index (χ1n) is 5.26. The van der Waals surface area contributed by atoms with Gasteiger partial charge in [-0.25, -0.2) is 0 Å². The van der Waals surface area contributed by atoms with E-state index in [2.05, 4.69) is 5.32 Å². The Hall–Kier alpha value is -1.55. The summed E-state index contributed by atoms with van der Waals surface area (Å²) in [7, 11) is 3.24. The van der Waals surface area contributed by atoms with E-state index in [9.17, 15) is 9.59 Å². The molecule has 1 aromatic rings. The molecule has 2 amide bonds. The molecule has 1 rings (SSSR count). The average molecular weight is 255 g/mol. The van der Waals surface area contributed by atoms with E-state index in [0.29, 0.717) is 23.6 Å². The van der Waals surface area contributed by atoms with E-state index < -0.39 is 0 Å². The molecule has 0 bridgehead atoms. The Morgan fingerprint density at radius 2 is 1.88 bits per heavy atom. The predicted molar refractivity (Wildman–Crippen MR) is 67.1 cm³/mol. The summed E-state index contributed by atoms with van der Waals surface area (Å²) in [6.07, 6.45) is 0.298. The highest BCUT2D eigenvalue weighted by molar-refractivity contribution is 6.30. The van der Waals surface area contributed by atoms with Crippen LogP contribution in [0.25, 0.3) is 0 Å². The molecule has 0 saturated carbocycles. The Bertz CT molecular complexity index is 403. The highest BCUT2D eigenvalue weighted by Gasteiger charge is 2.12. The van der Waals surface area contributed by atoms with Crippen molar-refractivity contribution >= 4 is 23.4 Å². The number of halogens is 1. The van der Waals surface area contributed by atoms with Crippen molar-refractivity contribution in [2.45, 2.75) is 6.42 Å². The van der Waals surface area contributed by atoms with Crippen molar-refractivity contribution in [1.29, 1.82) is 0 Å². The number of rotatable bonds is 4. The minimum atomic E-state index is -0.120. The van der Waals surface area contributed by atoms with E-state index in [1.807, 2.05) is 0 Å². The number of carbonyl (C=O) groups is 2. The first kappa shape index (κ1) is 13.5. The first-order chi connectivity index (χ1) is 8.04. The lowest BCUT2D eigenvalue weighted by Gasteiger charge is -2.16. The number of nitrogens with zero attached hydrogens (tertiary/aromatic N) is 1. The maximum Gasteiger partial charge on any atom is 0.253 e. The fourth-order valence-corrected chi connectivity index (χ4v) is 1.43. The van der Waals surface area contributed by atoms with Gasteiger partial charge in [0.05, 0.1) is 0 Å². The zero-order valence-electron chi connectivity index (χ0n) is 9.87. The molecule has 0 radical (unpaired) electrons. The molecule has 5 heteroatoms. The quantitative estimate of drug-likeness (QED) is 0.886. The van der Waals surface area contributed by atoms with Crippen LogP contribution in [0.4, 0.5) is 0 Å². The standard InChI is InChI=1S/C12H15ClN2O2/c1-14-11(16)7-8-15(2)12(17)9-3-5-10(13)6-4-9/h3-6H,7-8H2,1-2H3,(H,14,16). The van der Waals surface area contributed by atoms with Crippen LogP contribution in [0.1, 0.15) is 16.8 Å². The van der Waals surface area contributed by atoms with Crippen molar-refractivity contribution < 1.29 is 9.59 Å². The second-order valence-corrected chi connectivity index (χ2v) is 4.09. The van der Waals surface area contributed by atoms with Crippen LogP contribution in [-0.2, 0) is 4.79 Å². The highest BCUT2D eigenvalue weighted by Crippen LogP contribution is 2.11. The van der Waals surface area contributed by atoms with Gasteiger partial charge in [-0.05, 0) is 24.3 Å². The Balaban J connectivity index is 2.57. The van der Waals surface area contributed by atoms with Crippen molar-refractivity contribution in [2.24, 2.45) is 0 Å². The number of hydrogen-bond acceptors (Lipinski definition) is 2. The van der Waals surface area contributed by atoms with Crippen molar-refractivity contribution in [2.75, 3.05) is 20.6 Å². The third-order valence-electron chi connectivity index (χ3n) is 2.39. The van der Waals surface area contributed by atoms with Gasteiger partial charge in [-0.2, -0.15) is 0 Å². The fourth-order valence-electron chi connectivity index (χ4n) is 1.31. The summed E-state index contributed by atoms with van der Waals surface area (Å²) < 4.78 is 0. The summed E-state index contributed by atoms with van der Waals surface area (Å²) in [6.45, 7) is 0.390. The zero-order valence-corrected chi connectivity index (χ0v) is 10.6. The minimum absolute atomic E-state index is 0.0826. The van der Waals surface area contributed by atoms with Gasteiger partial charge in [0.2, 0.25) is 5.91 Å². The van der Waals surface area contributed by atoms with Gasteiger partial charge in [0.1, 0.15) is 0 Å². The molecule has 0 spiro atoms. The van der Waals surface area contributed by atoms with E-state index in [0.717, 1.165) is 0 Å². The largest absolute Gasteiger partial charge is 0.359 e. The Kier molecular flexibility index (Phi) is 4.97. The van der Waals surface area contributed by atoms with Gasteiger partial charge in [0, 0.05) is 37.6 Å². The van der Waals surface area contributed by atoms with E-state index in [4.69, 9.17) is 11.6 Å². The summed E-state index contributed by atoms with van der Waals surface area (Å²) in [6, 6.07) is 6.67. The Morgan fingerprint density at radius 1 is 1.29 bits per heavy atom. The summed E-state index contributed by atoms with van der Waals surface area (Å²) >= 11 is 5.74.